The van der Waals surface area contributed by atoms with Gasteiger partial charge in [0, 0.05) is 19.6 Å². The summed E-state index contributed by atoms with van der Waals surface area (Å²) in [7, 11) is 0. The van der Waals surface area contributed by atoms with Crippen LogP contribution in [-0.4, -0.2) is 53.2 Å². The zero-order valence-corrected chi connectivity index (χ0v) is 15.7. The van der Waals surface area contributed by atoms with E-state index >= 15 is 0 Å². The van der Waals surface area contributed by atoms with E-state index in [1.807, 2.05) is 12.1 Å². The Bertz CT molecular complexity index is 800. The molecule has 1 saturated heterocycles. The van der Waals surface area contributed by atoms with Crippen molar-refractivity contribution in [3.63, 3.8) is 0 Å². The average Bonchev–Trinajstić information content (AvgIpc) is 2.77. The van der Waals surface area contributed by atoms with Gasteiger partial charge in [-0.15, -0.1) is 0 Å². The number of nitrogens with zero attached hydrogens (tertiary/aromatic N) is 1. The van der Waals surface area contributed by atoms with Gasteiger partial charge >= 0.3 is 18.0 Å². The van der Waals surface area contributed by atoms with Gasteiger partial charge in [-0.25, -0.2) is 14.4 Å². The quantitative estimate of drug-likeness (QED) is 0.565. The van der Waals surface area contributed by atoms with Crippen molar-refractivity contribution >= 4 is 18.0 Å². The van der Waals surface area contributed by atoms with Crippen LogP contribution >= 0.6 is 0 Å². The Morgan fingerprint density at radius 3 is 1.83 bits per heavy atom. The first kappa shape index (κ1) is 20.3. The number of amides is 1. The van der Waals surface area contributed by atoms with E-state index in [9.17, 15) is 19.5 Å². The predicted molar refractivity (Wildman–Crippen MR) is 103 cm³/mol. The fourth-order valence-corrected chi connectivity index (χ4v) is 3.14. The van der Waals surface area contributed by atoms with Crippen LogP contribution in [0.4, 0.5) is 4.79 Å². The highest BCUT2D eigenvalue weighted by atomic mass is 16.6. The Kier molecular flexibility index (Phi) is 6.46. The number of rotatable bonds is 6. The topological polar surface area (TPSA) is 105 Å². The minimum atomic E-state index is -2.10. The van der Waals surface area contributed by atoms with Gasteiger partial charge in [0.05, 0.1) is 0 Å². The molecule has 0 radical (unpaired) electrons. The SMILES string of the molecule is O=C(O)N1CCNCC1(C(=O)OCc1ccccc1)C(=O)OCc1ccccc1. The maximum atomic E-state index is 13.0. The second-order valence-electron chi connectivity index (χ2n) is 6.59. The Hall–Kier alpha value is -3.39. The van der Waals surface area contributed by atoms with Crippen LogP contribution < -0.4 is 5.32 Å². The van der Waals surface area contributed by atoms with Gasteiger partial charge in [-0.2, -0.15) is 0 Å². The van der Waals surface area contributed by atoms with Crippen molar-refractivity contribution in [2.45, 2.75) is 18.8 Å². The number of carbonyl (C=O) groups excluding carboxylic acids is 2. The summed E-state index contributed by atoms with van der Waals surface area (Å²) in [6.45, 7) is -0.121. The first-order valence-electron chi connectivity index (χ1n) is 9.17. The summed E-state index contributed by atoms with van der Waals surface area (Å²) < 4.78 is 10.7. The molecule has 1 aliphatic heterocycles. The minimum Gasteiger partial charge on any atom is -0.465 e. The average molecular weight is 398 g/mol. The lowest BCUT2D eigenvalue weighted by Gasteiger charge is -2.41. The molecule has 1 aliphatic rings. The fourth-order valence-electron chi connectivity index (χ4n) is 3.14. The zero-order chi connectivity index (χ0) is 20.7. The molecule has 2 aromatic rings. The first-order chi connectivity index (χ1) is 14.0. The van der Waals surface area contributed by atoms with Crippen LogP contribution in [0.25, 0.3) is 0 Å². The van der Waals surface area contributed by atoms with Crippen molar-refractivity contribution in [3.05, 3.63) is 71.8 Å². The lowest BCUT2D eigenvalue weighted by molar-refractivity contribution is -0.177. The molecule has 1 fully saturated rings. The molecule has 29 heavy (non-hydrogen) atoms. The van der Waals surface area contributed by atoms with Crippen molar-refractivity contribution in [3.8, 4) is 0 Å². The van der Waals surface area contributed by atoms with Crippen LogP contribution in [0.5, 0.6) is 0 Å². The molecule has 0 bridgehead atoms. The normalized spacial score (nSPS) is 15.4. The number of carbonyl (C=O) groups is 3. The molecule has 8 nitrogen and oxygen atoms in total. The molecule has 8 heteroatoms. The number of benzene rings is 2. The molecule has 2 aromatic carbocycles. The van der Waals surface area contributed by atoms with Gasteiger partial charge in [0.25, 0.3) is 5.54 Å². The predicted octanol–water partition coefficient (Wildman–Crippen LogP) is 1.80. The van der Waals surface area contributed by atoms with Gasteiger partial charge in [0.15, 0.2) is 0 Å². The summed E-state index contributed by atoms with van der Waals surface area (Å²) in [6.07, 6.45) is -1.39. The van der Waals surface area contributed by atoms with E-state index in [2.05, 4.69) is 5.32 Å². The maximum absolute atomic E-state index is 13.0. The van der Waals surface area contributed by atoms with Crippen LogP contribution in [0.1, 0.15) is 11.1 Å². The second kappa shape index (κ2) is 9.20. The van der Waals surface area contributed by atoms with Crippen molar-refractivity contribution < 1.29 is 29.0 Å². The summed E-state index contributed by atoms with van der Waals surface area (Å²) in [5, 5.41) is 12.5. The van der Waals surface area contributed by atoms with E-state index in [-0.39, 0.29) is 26.3 Å². The van der Waals surface area contributed by atoms with Crippen LogP contribution in [0.15, 0.2) is 60.7 Å². The van der Waals surface area contributed by atoms with Crippen molar-refractivity contribution in [2.24, 2.45) is 0 Å². The molecule has 2 N–H and O–H groups in total. The van der Waals surface area contributed by atoms with E-state index < -0.39 is 23.6 Å². The molecule has 0 aliphatic carbocycles. The Labute approximate surface area is 168 Å². The van der Waals surface area contributed by atoms with Gasteiger partial charge in [0.1, 0.15) is 13.2 Å². The smallest absolute Gasteiger partial charge is 0.408 e. The Balaban J connectivity index is 1.81. The number of carboxylic acid groups (broad SMARTS) is 1. The van der Waals surface area contributed by atoms with E-state index in [4.69, 9.17) is 9.47 Å². The van der Waals surface area contributed by atoms with Crippen LogP contribution in [0.2, 0.25) is 0 Å². The number of piperazine rings is 1. The maximum Gasteiger partial charge on any atom is 0.408 e. The third-order valence-corrected chi connectivity index (χ3v) is 4.69. The highest BCUT2D eigenvalue weighted by Crippen LogP contribution is 2.24. The summed E-state index contributed by atoms with van der Waals surface area (Å²) in [6, 6.07) is 17.9. The largest absolute Gasteiger partial charge is 0.465 e. The molecule has 1 amide bonds. The number of esters is 2. The number of nitrogens with one attached hydrogen (secondary N) is 1. The molecule has 0 atom stereocenters. The lowest BCUT2D eigenvalue weighted by Crippen LogP contribution is -2.71. The van der Waals surface area contributed by atoms with E-state index in [0.717, 1.165) is 16.0 Å². The van der Waals surface area contributed by atoms with Crippen molar-refractivity contribution in [1.29, 1.82) is 0 Å². The van der Waals surface area contributed by atoms with Gasteiger partial charge in [-0.05, 0) is 11.1 Å². The first-order valence-corrected chi connectivity index (χ1v) is 9.17. The van der Waals surface area contributed by atoms with Gasteiger partial charge < -0.3 is 19.9 Å². The second-order valence-corrected chi connectivity index (χ2v) is 6.59. The molecular weight excluding hydrogens is 376 g/mol. The molecule has 0 spiro atoms. The Morgan fingerprint density at radius 2 is 1.38 bits per heavy atom. The number of ether oxygens (including phenoxy) is 2. The molecule has 1 heterocycles. The molecule has 152 valence electrons. The standard InChI is InChI=1S/C21H22N2O6/c24-18(28-13-16-7-3-1-4-8-16)21(15-22-11-12-23(21)20(26)27)19(25)29-14-17-9-5-2-6-10-17/h1-10,22H,11-15H2,(H,26,27). The summed E-state index contributed by atoms with van der Waals surface area (Å²) >= 11 is 0. The molecule has 0 saturated carbocycles. The van der Waals surface area contributed by atoms with Crippen LogP contribution in [0, 0.1) is 0 Å². The number of hydrogen-bond acceptors (Lipinski definition) is 6. The molecule has 0 aromatic heterocycles. The van der Waals surface area contributed by atoms with Gasteiger partial charge in [-0.1, -0.05) is 60.7 Å². The molecule has 3 rings (SSSR count). The molecular formula is C21H22N2O6. The third-order valence-electron chi connectivity index (χ3n) is 4.69. The number of hydrogen-bond donors (Lipinski definition) is 2. The van der Waals surface area contributed by atoms with Crippen LogP contribution in [-0.2, 0) is 32.3 Å². The van der Waals surface area contributed by atoms with Crippen LogP contribution in [0.3, 0.4) is 0 Å². The monoisotopic (exact) mass is 398 g/mol. The molecule has 0 unspecified atom stereocenters. The van der Waals surface area contributed by atoms with E-state index in [1.165, 1.54) is 0 Å². The third kappa shape index (κ3) is 4.55. The van der Waals surface area contributed by atoms with E-state index in [1.54, 1.807) is 48.5 Å². The Morgan fingerprint density at radius 1 is 0.897 bits per heavy atom. The highest BCUT2D eigenvalue weighted by molar-refractivity contribution is 6.07. The van der Waals surface area contributed by atoms with Crippen molar-refractivity contribution in [2.75, 3.05) is 19.6 Å². The van der Waals surface area contributed by atoms with Gasteiger partial charge in [0.2, 0.25) is 0 Å². The van der Waals surface area contributed by atoms with Crippen molar-refractivity contribution in [1.82, 2.24) is 10.2 Å². The zero-order valence-electron chi connectivity index (χ0n) is 15.7. The van der Waals surface area contributed by atoms with E-state index in [0.29, 0.717) is 6.54 Å². The summed E-state index contributed by atoms with van der Waals surface area (Å²) in [5.74, 6) is -1.93. The lowest BCUT2D eigenvalue weighted by atomic mass is 9.95. The van der Waals surface area contributed by atoms with Gasteiger partial charge in [-0.3, -0.25) is 4.90 Å². The summed E-state index contributed by atoms with van der Waals surface area (Å²) in [5.41, 5.74) is -0.660. The highest BCUT2D eigenvalue weighted by Gasteiger charge is 2.57. The fraction of sp³-hybridized carbons (Fsp3) is 0.286. The summed E-state index contributed by atoms with van der Waals surface area (Å²) in [4.78, 5) is 38.6. The minimum absolute atomic E-state index is 0.0454.